The predicted octanol–water partition coefficient (Wildman–Crippen LogP) is 1.98. The van der Waals surface area contributed by atoms with Crippen molar-refractivity contribution in [1.82, 2.24) is 9.97 Å². The fourth-order valence-corrected chi connectivity index (χ4v) is 2.70. The van der Waals surface area contributed by atoms with Crippen molar-refractivity contribution in [3.63, 3.8) is 0 Å². The normalized spacial score (nSPS) is 19.9. The molecule has 0 unspecified atom stereocenters. The minimum absolute atomic E-state index is 0.169. The standard InChI is InChI=1S/C14H16FN3O/c15-11-4-1-5-12-13(11)14(17-9-16-12)18-6-2-3-10(7-18)8-19/h1,4-5,9-10,19H,2-3,6-8H2/t10-/m1/s1. The van der Waals surface area contributed by atoms with Gasteiger partial charge in [-0.2, -0.15) is 0 Å². The molecule has 0 amide bonds. The van der Waals surface area contributed by atoms with Gasteiger partial charge in [-0.25, -0.2) is 14.4 Å². The number of hydrogen-bond donors (Lipinski definition) is 1. The molecule has 0 radical (unpaired) electrons. The number of halogens is 1. The van der Waals surface area contributed by atoms with E-state index >= 15 is 0 Å². The van der Waals surface area contributed by atoms with Gasteiger partial charge in [-0.05, 0) is 30.9 Å². The number of hydrogen-bond acceptors (Lipinski definition) is 4. The van der Waals surface area contributed by atoms with E-state index in [9.17, 15) is 9.50 Å². The summed E-state index contributed by atoms with van der Waals surface area (Å²) in [6.45, 7) is 1.73. The Bertz CT molecular complexity index is 585. The highest BCUT2D eigenvalue weighted by atomic mass is 19.1. The quantitative estimate of drug-likeness (QED) is 0.898. The Morgan fingerprint density at radius 1 is 1.37 bits per heavy atom. The van der Waals surface area contributed by atoms with E-state index < -0.39 is 0 Å². The van der Waals surface area contributed by atoms with Crippen LogP contribution in [-0.4, -0.2) is 34.8 Å². The van der Waals surface area contributed by atoms with Gasteiger partial charge in [0.15, 0.2) is 0 Å². The summed E-state index contributed by atoms with van der Waals surface area (Å²) in [5, 5.41) is 9.77. The highest BCUT2D eigenvalue weighted by Crippen LogP contribution is 2.28. The van der Waals surface area contributed by atoms with Crippen molar-refractivity contribution in [2.75, 3.05) is 24.6 Å². The Morgan fingerprint density at radius 3 is 3.11 bits per heavy atom. The lowest BCUT2D eigenvalue weighted by molar-refractivity contribution is 0.208. The summed E-state index contributed by atoms with van der Waals surface area (Å²) in [4.78, 5) is 10.4. The van der Waals surface area contributed by atoms with Crippen LogP contribution in [0.3, 0.4) is 0 Å². The third-order valence-electron chi connectivity index (χ3n) is 3.67. The maximum atomic E-state index is 14.0. The van der Waals surface area contributed by atoms with Crippen molar-refractivity contribution in [2.24, 2.45) is 5.92 Å². The number of anilines is 1. The van der Waals surface area contributed by atoms with Crippen LogP contribution >= 0.6 is 0 Å². The minimum Gasteiger partial charge on any atom is -0.396 e. The van der Waals surface area contributed by atoms with Crippen molar-refractivity contribution >= 4 is 16.7 Å². The Morgan fingerprint density at radius 2 is 2.26 bits per heavy atom. The van der Waals surface area contributed by atoms with E-state index in [1.54, 1.807) is 12.1 Å². The van der Waals surface area contributed by atoms with E-state index in [1.165, 1.54) is 12.4 Å². The van der Waals surface area contributed by atoms with Gasteiger partial charge in [-0.15, -0.1) is 0 Å². The predicted molar refractivity (Wildman–Crippen MR) is 71.5 cm³/mol. The zero-order valence-corrected chi connectivity index (χ0v) is 10.6. The molecular formula is C14H16FN3O. The molecule has 0 saturated carbocycles. The van der Waals surface area contributed by atoms with Gasteiger partial charge >= 0.3 is 0 Å². The first-order chi connectivity index (χ1) is 9.29. The molecule has 100 valence electrons. The van der Waals surface area contributed by atoms with Crippen LogP contribution in [0.25, 0.3) is 10.9 Å². The molecule has 1 aliphatic rings. The van der Waals surface area contributed by atoms with E-state index in [2.05, 4.69) is 14.9 Å². The van der Waals surface area contributed by atoms with Gasteiger partial charge in [0.1, 0.15) is 18.0 Å². The summed E-state index contributed by atoms with van der Waals surface area (Å²) in [6, 6.07) is 4.88. The molecule has 1 aromatic heterocycles. The summed E-state index contributed by atoms with van der Waals surface area (Å²) in [7, 11) is 0. The molecule has 0 spiro atoms. The van der Waals surface area contributed by atoms with Crippen molar-refractivity contribution in [1.29, 1.82) is 0 Å². The number of aromatic nitrogens is 2. The minimum atomic E-state index is -0.292. The topological polar surface area (TPSA) is 49.2 Å². The van der Waals surface area contributed by atoms with Gasteiger partial charge in [0.05, 0.1) is 10.9 Å². The third kappa shape index (κ3) is 2.26. The highest BCUT2D eigenvalue weighted by molar-refractivity contribution is 5.89. The van der Waals surface area contributed by atoms with Crippen LogP contribution in [0, 0.1) is 11.7 Å². The Hall–Kier alpha value is -1.75. The molecule has 1 atom stereocenters. The molecule has 5 heteroatoms. The van der Waals surface area contributed by atoms with Gasteiger partial charge in [-0.3, -0.25) is 0 Å². The second kappa shape index (κ2) is 5.09. The lowest BCUT2D eigenvalue weighted by Crippen LogP contribution is -2.37. The average molecular weight is 261 g/mol. The van der Waals surface area contributed by atoms with Crippen molar-refractivity contribution in [3.8, 4) is 0 Å². The second-order valence-corrected chi connectivity index (χ2v) is 4.97. The van der Waals surface area contributed by atoms with E-state index in [-0.39, 0.29) is 18.3 Å². The zero-order valence-electron chi connectivity index (χ0n) is 10.6. The number of aliphatic hydroxyl groups excluding tert-OH is 1. The van der Waals surface area contributed by atoms with Crippen molar-refractivity contribution < 1.29 is 9.50 Å². The molecule has 1 aromatic carbocycles. The first-order valence-electron chi connectivity index (χ1n) is 6.54. The van der Waals surface area contributed by atoms with Gasteiger partial charge < -0.3 is 10.0 Å². The van der Waals surface area contributed by atoms with Crippen LogP contribution in [0.5, 0.6) is 0 Å². The summed E-state index contributed by atoms with van der Waals surface area (Å²) in [5.74, 6) is 0.589. The number of benzene rings is 1. The third-order valence-corrected chi connectivity index (χ3v) is 3.67. The fraction of sp³-hybridized carbons (Fsp3) is 0.429. The Labute approximate surface area is 110 Å². The first-order valence-corrected chi connectivity index (χ1v) is 6.54. The lowest BCUT2D eigenvalue weighted by Gasteiger charge is -2.33. The Balaban J connectivity index is 2.05. The van der Waals surface area contributed by atoms with Crippen LogP contribution < -0.4 is 4.90 Å². The number of nitrogens with zero attached hydrogens (tertiary/aromatic N) is 3. The average Bonchev–Trinajstić information content (AvgIpc) is 2.47. The maximum absolute atomic E-state index is 14.0. The molecule has 2 aromatic rings. The van der Waals surface area contributed by atoms with E-state index in [4.69, 9.17) is 0 Å². The summed E-state index contributed by atoms with van der Waals surface area (Å²) in [5.41, 5.74) is 0.621. The number of aliphatic hydroxyl groups is 1. The second-order valence-electron chi connectivity index (χ2n) is 4.97. The van der Waals surface area contributed by atoms with E-state index in [1.807, 2.05) is 0 Å². The van der Waals surface area contributed by atoms with Crippen LogP contribution in [-0.2, 0) is 0 Å². The smallest absolute Gasteiger partial charge is 0.142 e. The van der Waals surface area contributed by atoms with Gasteiger partial charge in [0.25, 0.3) is 0 Å². The van der Waals surface area contributed by atoms with Crippen molar-refractivity contribution in [2.45, 2.75) is 12.8 Å². The molecule has 1 aliphatic heterocycles. The van der Waals surface area contributed by atoms with Crippen LogP contribution in [0.15, 0.2) is 24.5 Å². The fourth-order valence-electron chi connectivity index (χ4n) is 2.70. The van der Waals surface area contributed by atoms with Crippen molar-refractivity contribution in [3.05, 3.63) is 30.3 Å². The van der Waals surface area contributed by atoms with Gasteiger partial charge in [-0.1, -0.05) is 6.07 Å². The van der Waals surface area contributed by atoms with Gasteiger partial charge in [0.2, 0.25) is 0 Å². The number of fused-ring (bicyclic) bond motifs is 1. The SMILES string of the molecule is OC[C@@H]1CCCN(c2ncnc3cccc(F)c23)C1. The summed E-state index contributed by atoms with van der Waals surface area (Å²) < 4.78 is 14.0. The molecule has 1 fully saturated rings. The molecule has 1 N–H and O–H groups in total. The molecule has 3 rings (SSSR count). The summed E-state index contributed by atoms with van der Waals surface area (Å²) >= 11 is 0. The largest absolute Gasteiger partial charge is 0.396 e. The molecule has 1 saturated heterocycles. The molecule has 0 bridgehead atoms. The zero-order chi connectivity index (χ0) is 13.2. The van der Waals surface area contributed by atoms with E-state index in [0.29, 0.717) is 16.7 Å². The molecule has 0 aliphatic carbocycles. The molecule has 2 heterocycles. The maximum Gasteiger partial charge on any atom is 0.142 e. The first kappa shape index (κ1) is 12.3. The molecule has 4 nitrogen and oxygen atoms in total. The van der Waals surface area contributed by atoms with Gasteiger partial charge in [0, 0.05) is 19.7 Å². The van der Waals surface area contributed by atoms with Crippen LogP contribution in [0.4, 0.5) is 10.2 Å². The monoisotopic (exact) mass is 261 g/mol. The molecule has 19 heavy (non-hydrogen) atoms. The number of piperidine rings is 1. The summed E-state index contributed by atoms with van der Waals surface area (Å²) in [6.07, 6.45) is 3.48. The van der Waals surface area contributed by atoms with Crippen LogP contribution in [0.1, 0.15) is 12.8 Å². The Kier molecular flexibility index (Phi) is 3.29. The van der Waals surface area contributed by atoms with E-state index in [0.717, 1.165) is 25.9 Å². The van der Waals surface area contributed by atoms with Crippen LogP contribution in [0.2, 0.25) is 0 Å². The molecular weight excluding hydrogens is 245 g/mol. The number of rotatable bonds is 2. The highest BCUT2D eigenvalue weighted by Gasteiger charge is 2.22. The lowest BCUT2D eigenvalue weighted by atomic mass is 9.99.